The average Bonchev–Trinajstić information content (AvgIpc) is 2.78. The third-order valence-electron chi connectivity index (χ3n) is 5.69. The number of aliphatic hydroxyl groups excluding tert-OH is 1. The zero-order chi connectivity index (χ0) is 22.0. The Kier molecular flexibility index (Phi) is 6.36. The van der Waals surface area contributed by atoms with Crippen LogP contribution in [0.15, 0.2) is 53.5 Å². The Bertz CT molecular complexity index is 991. The Morgan fingerprint density at radius 3 is 2.71 bits per heavy atom. The number of nitrogens with one attached hydrogen (secondary N) is 1. The summed E-state index contributed by atoms with van der Waals surface area (Å²) in [7, 11) is 0. The lowest BCUT2D eigenvalue weighted by molar-refractivity contribution is -0.0836. The van der Waals surface area contributed by atoms with Gasteiger partial charge in [-0.05, 0) is 24.6 Å². The fourth-order valence-corrected chi connectivity index (χ4v) is 5.38. The van der Waals surface area contributed by atoms with E-state index < -0.39 is 47.0 Å². The van der Waals surface area contributed by atoms with E-state index in [4.69, 9.17) is 4.74 Å². The monoisotopic (exact) mass is 450 g/mol. The number of aliphatic imine (C=N–C) groups is 1. The first-order valence-corrected chi connectivity index (χ1v) is 10.7. The third kappa shape index (κ3) is 4.22. The van der Waals surface area contributed by atoms with Crippen molar-refractivity contribution < 1.29 is 27.8 Å². The first-order valence-electron chi connectivity index (χ1n) is 9.83. The van der Waals surface area contributed by atoms with Crippen LogP contribution in [-0.4, -0.2) is 47.4 Å². The molecular weight excluding hydrogens is 429 g/mol. The van der Waals surface area contributed by atoms with E-state index in [1.807, 2.05) is 0 Å². The molecule has 0 spiro atoms. The van der Waals surface area contributed by atoms with Gasteiger partial charge in [0, 0.05) is 28.4 Å². The zero-order valence-corrected chi connectivity index (χ0v) is 17.2. The molecule has 2 aromatic carbocycles. The van der Waals surface area contributed by atoms with Crippen LogP contribution in [-0.2, 0) is 10.3 Å². The van der Waals surface area contributed by atoms with Crippen molar-refractivity contribution in [1.29, 1.82) is 0 Å². The van der Waals surface area contributed by atoms with Gasteiger partial charge < -0.3 is 15.2 Å². The van der Waals surface area contributed by atoms with Crippen molar-refractivity contribution in [3.63, 3.8) is 0 Å². The molecule has 0 bridgehead atoms. The van der Waals surface area contributed by atoms with E-state index in [0.29, 0.717) is 5.56 Å². The summed E-state index contributed by atoms with van der Waals surface area (Å²) in [6, 6.07) is 11.6. The maximum atomic E-state index is 14.9. The molecule has 2 aromatic rings. The SMILES string of the molecule is O=C(NC1=N[C@@]2(c3ccc(F)cc3F)CO[C@@H](CO)C[C@H]2[C@@H](CF)S1)c1ccccc1. The summed E-state index contributed by atoms with van der Waals surface area (Å²) >= 11 is 1.06. The minimum absolute atomic E-state index is 0.0699. The van der Waals surface area contributed by atoms with Crippen LogP contribution in [0.25, 0.3) is 0 Å². The summed E-state index contributed by atoms with van der Waals surface area (Å²) in [6.07, 6.45) is -0.287. The molecule has 0 aromatic heterocycles. The molecule has 2 aliphatic heterocycles. The van der Waals surface area contributed by atoms with Gasteiger partial charge in [0.05, 0.1) is 19.3 Å². The van der Waals surface area contributed by atoms with Gasteiger partial charge in [-0.15, -0.1) is 0 Å². The lowest BCUT2D eigenvalue weighted by atomic mass is 9.72. The predicted molar refractivity (Wildman–Crippen MR) is 112 cm³/mol. The normalized spacial score (nSPS) is 27.9. The second-order valence-electron chi connectivity index (χ2n) is 7.55. The van der Waals surface area contributed by atoms with E-state index in [9.17, 15) is 23.1 Å². The topological polar surface area (TPSA) is 70.9 Å². The Balaban J connectivity index is 1.77. The molecule has 4 rings (SSSR count). The minimum Gasteiger partial charge on any atom is -0.394 e. The molecule has 0 aliphatic carbocycles. The van der Waals surface area contributed by atoms with Crippen LogP contribution >= 0.6 is 11.8 Å². The molecular formula is C22H21F3N2O3S. The smallest absolute Gasteiger partial charge is 0.257 e. The number of halogens is 3. The highest BCUT2D eigenvalue weighted by Gasteiger charge is 2.53. The van der Waals surface area contributed by atoms with E-state index in [1.54, 1.807) is 30.3 Å². The number of thioether (sulfide) groups is 1. The quantitative estimate of drug-likeness (QED) is 0.749. The van der Waals surface area contributed by atoms with Gasteiger partial charge in [-0.1, -0.05) is 36.0 Å². The van der Waals surface area contributed by atoms with Crippen LogP contribution in [0.3, 0.4) is 0 Å². The second kappa shape index (κ2) is 9.02. The van der Waals surface area contributed by atoms with Crippen LogP contribution in [0.1, 0.15) is 22.3 Å². The maximum absolute atomic E-state index is 14.9. The summed E-state index contributed by atoms with van der Waals surface area (Å²) in [5, 5.41) is 11.7. The summed E-state index contributed by atoms with van der Waals surface area (Å²) in [5.41, 5.74) is -0.891. The van der Waals surface area contributed by atoms with Crippen molar-refractivity contribution in [3.05, 3.63) is 71.3 Å². The molecule has 4 atom stereocenters. The molecule has 2 N–H and O–H groups in total. The fraction of sp³-hybridized carbons (Fsp3) is 0.364. The number of fused-ring (bicyclic) bond motifs is 1. The Labute approximate surface area is 181 Å². The molecule has 1 fully saturated rings. The van der Waals surface area contributed by atoms with Gasteiger partial charge in [0.25, 0.3) is 5.91 Å². The molecule has 9 heteroatoms. The third-order valence-corrected chi connectivity index (χ3v) is 6.87. The van der Waals surface area contributed by atoms with E-state index in [0.717, 1.165) is 23.9 Å². The lowest BCUT2D eigenvalue weighted by Crippen LogP contribution is -2.55. The standard InChI is InChI=1S/C22H21F3N2O3S/c23-10-19-17-9-15(11-28)30-12-22(17,16-7-6-14(24)8-18(16)25)27-21(31-19)26-20(29)13-4-2-1-3-5-13/h1-8,15,17,19,28H,9-12H2,(H,26,27,29)/t15-,17+,19-,22-/m1/s1. The van der Waals surface area contributed by atoms with E-state index in [-0.39, 0.29) is 30.4 Å². The maximum Gasteiger partial charge on any atom is 0.257 e. The van der Waals surface area contributed by atoms with Gasteiger partial charge in [0.1, 0.15) is 23.8 Å². The molecule has 2 heterocycles. The molecule has 0 unspecified atom stereocenters. The summed E-state index contributed by atoms with van der Waals surface area (Å²) < 4.78 is 48.3. The number of hydrogen-bond donors (Lipinski definition) is 2. The summed E-state index contributed by atoms with van der Waals surface area (Å²) in [4.78, 5) is 17.3. The number of benzene rings is 2. The number of hydrogen-bond acceptors (Lipinski definition) is 5. The van der Waals surface area contributed by atoms with E-state index in [2.05, 4.69) is 10.3 Å². The molecule has 2 aliphatic rings. The molecule has 1 saturated heterocycles. The first-order chi connectivity index (χ1) is 15.0. The summed E-state index contributed by atoms with van der Waals surface area (Å²) in [5.74, 6) is -2.51. The Hall–Kier alpha value is -2.36. The molecule has 0 radical (unpaired) electrons. The lowest BCUT2D eigenvalue weighted by Gasteiger charge is -2.49. The van der Waals surface area contributed by atoms with Gasteiger partial charge in [-0.3, -0.25) is 4.79 Å². The number of nitrogens with zero attached hydrogens (tertiary/aromatic N) is 1. The minimum atomic E-state index is -1.36. The second-order valence-corrected chi connectivity index (χ2v) is 8.78. The van der Waals surface area contributed by atoms with Crippen molar-refractivity contribution in [2.45, 2.75) is 23.3 Å². The number of rotatable bonds is 4. The highest BCUT2D eigenvalue weighted by atomic mass is 32.2. The predicted octanol–water partition coefficient (Wildman–Crippen LogP) is 3.43. The first kappa shape index (κ1) is 21.9. The van der Waals surface area contributed by atoms with Crippen LogP contribution in [0, 0.1) is 17.6 Å². The van der Waals surface area contributed by atoms with Crippen molar-refractivity contribution in [2.75, 3.05) is 19.9 Å². The number of amides is 1. The van der Waals surface area contributed by atoms with E-state index in [1.165, 1.54) is 6.07 Å². The number of ether oxygens (including phenoxy) is 1. The van der Waals surface area contributed by atoms with Gasteiger partial charge >= 0.3 is 0 Å². The largest absolute Gasteiger partial charge is 0.394 e. The van der Waals surface area contributed by atoms with Crippen molar-refractivity contribution in [2.24, 2.45) is 10.9 Å². The number of amidine groups is 1. The fourth-order valence-electron chi connectivity index (χ4n) is 4.17. The highest BCUT2D eigenvalue weighted by Crippen LogP contribution is 2.50. The zero-order valence-electron chi connectivity index (χ0n) is 16.4. The highest BCUT2D eigenvalue weighted by molar-refractivity contribution is 8.14. The number of aliphatic hydroxyl groups is 1. The van der Waals surface area contributed by atoms with Gasteiger partial charge in [-0.25, -0.2) is 18.2 Å². The molecule has 1 amide bonds. The van der Waals surface area contributed by atoms with Crippen LogP contribution in [0.5, 0.6) is 0 Å². The molecule has 164 valence electrons. The van der Waals surface area contributed by atoms with Gasteiger partial charge in [0.15, 0.2) is 5.17 Å². The average molecular weight is 450 g/mol. The van der Waals surface area contributed by atoms with Gasteiger partial charge in [-0.2, -0.15) is 0 Å². The van der Waals surface area contributed by atoms with E-state index >= 15 is 0 Å². The molecule has 5 nitrogen and oxygen atoms in total. The van der Waals surface area contributed by atoms with Crippen molar-refractivity contribution in [3.8, 4) is 0 Å². The number of carbonyl (C=O) groups is 1. The van der Waals surface area contributed by atoms with Crippen molar-refractivity contribution in [1.82, 2.24) is 5.32 Å². The Morgan fingerprint density at radius 1 is 1.26 bits per heavy atom. The van der Waals surface area contributed by atoms with Crippen LogP contribution in [0.2, 0.25) is 0 Å². The van der Waals surface area contributed by atoms with Gasteiger partial charge in [0.2, 0.25) is 0 Å². The Morgan fingerprint density at radius 2 is 2.03 bits per heavy atom. The van der Waals surface area contributed by atoms with Crippen LogP contribution in [0.4, 0.5) is 13.2 Å². The van der Waals surface area contributed by atoms with Crippen molar-refractivity contribution >= 4 is 22.8 Å². The number of alkyl halides is 1. The molecule has 31 heavy (non-hydrogen) atoms. The molecule has 0 saturated carbocycles. The number of carbonyl (C=O) groups excluding carboxylic acids is 1. The summed E-state index contributed by atoms with van der Waals surface area (Å²) in [6.45, 7) is -1.14. The van der Waals surface area contributed by atoms with Crippen LogP contribution < -0.4 is 5.32 Å².